The number of halogens is 3. The third-order valence-corrected chi connectivity index (χ3v) is 6.05. The van der Waals surface area contributed by atoms with Crippen LogP contribution in [-0.2, 0) is 34.1 Å². The summed E-state index contributed by atoms with van der Waals surface area (Å²) in [5.74, 6) is -0.714. The molecule has 0 bridgehead atoms. The number of hydrogen-bond acceptors (Lipinski definition) is 4. The highest BCUT2D eigenvalue weighted by Crippen LogP contribution is 2.33. The molecule has 10 heteroatoms. The number of nitrogens with zero attached hydrogens (tertiary/aromatic N) is 1. The number of hydroxylamine groups is 1. The van der Waals surface area contributed by atoms with Crippen LogP contribution >= 0.6 is 0 Å². The van der Waals surface area contributed by atoms with E-state index >= 15 is 0 Å². The van der Waals surface area contributed by atoms with Gasteiger partial charge in [0.1, 0.15) is 0 Å². The Morgan fingerprint density at radius 2 is 1.82 bits per heavy atom. The number of benzene rings is 2. The lowest BCUT2D eigenvalue weighted by atomic mass is 10.1. The van der Waals surface area contributed by atoms with Crippen molar-refractivity contribution in [2.75, 3.05) is 0 Å². The number of sulfonamides is 1. The monoisotopic (exact) mass is 412 g/mol. The topological polar surface area (TPSA) is 86.7 Å². The molecule has 0 unspecified atom stereocenters. The summed E-state index contributed by atoms with van der Waals surface area (Å²) in [5.41, 5.74) is 2.44. The molecule has 0 saturated carbocycles. The van der Waals surface area contributed by atoms with Crippen molar-refractivity contribution in [2.24, 2.45) is 0 Å². The van der Waals surface area contributed by atoms with Crippen LogP contribution in [0.2, 0.25) is 0 Å². The first-order valence-corrected chi connectivity index (χ1v) is 9.46. The number of nitrogens with one attached hydrogen (secondary N) is 1. The number of hydrogen-bond donors (Lipinski definition) is 2. The zero-order valence-corrected chi connectivity index (χ0v) is 15.1. The van der Waals surface area contributed by atoms with Gasteiger partial charge in [0.2, 0.25) is 10.0 Å². The van der Waals surface area contributed by atoms with E-state index in [4.69, 9.17) is 5.21 Å². The molecule has 1 heterocycles. The minimum Gasteiger partial charge on any atom is -0.288 e. The van der Waals surface area contributed by atoms with Gasteiger partial charge in [0.15, 0.2) is 0 Å². The molecule has 0 aliphatic carbocycles. The molecule has 1 amide bonds. The Labute approximate surface area is 158 Å². The van der Waals surface area contributed by atoms with Crippen LogP contribution in [0.5, 0.6) is 0 Å². The van der Waals surface area contributed by atoms with Crippen molar-refractivity contribution in [1.82, 2.24) is 9.79 Å². The molecular formula is C18H15F3N2O4S. The maximum absolute atomic E-state index is 12.9. The Morgan fingerprint density at radius 3 is 2.50 bits per heavy atom. The van der Waals surface area contributed by atoms with Crippen molar-refractivity contribution < 1.29 is 31.6 Å². The third-order valence-electron chi connectivity index (χ3n) is 4.26. The van der Waals surface area contributed by atoms with Gasteiger partial charge in [-0.2, -0.15) is 17.5 Å². The zero-order chi connectivity index (χ0) is 20.5. The van der Waals surface area contributed by atoms with E-state index < -0.39 is 32.6 Å². The normalized spacial score (nSPS) is 15.0. The van der Waals surface area contributed by atoms with Crippen LogP contribution in [0.15, 0.2) is 53.4 Å². The Kier molecular flexibility index (Phi) is 5.28. The summed E-state index contributed by atoms with van der Waals surface area (Å²) in [4.78, 5) is 10.6. The van der Waals surface area contributed by atoms with Gasteiger partial charge >= 0.3 is 6.18 Å². The summed E-state index contributed by atoms with van der Waals surface area (Å²) in [7, 11) is -4.11. The number of alkyl halides is 3. The van der Waals surface area contributed by atoms with Crippen LogP contribution in [0.4, 0.5) is 13.2 Å². The Bertz CT molecular complexity index is 1050. The minimum atomic E-state index is -4.64. The quantitative estimate of drug-likeness (QED) is 0.459. The molecule has 3 rings (SSSR count). The maximum Gasteiger partial charge on any atom is 0.416 e. The molecule has 6 nitrogen and oxygen atoms in total. The predicted molar refractivity (Wildman–Crippen MR) is 93.3 cm³/mol. The van der Waals surface area contributed by atoms with Gasteiger partial charge in [-0.25, -0.2) is 13.9 Å². The van der Waals surface area contributed by atoms with Crippen LogP contribution in [0.3, 0.4) is 0 Å². The lowest BCUT2D eigenvalue weighted by molar-refractivity contribution is -0.137. The minimum absolute atomic E-state index is 0.00177. The van der Waals surface area contributed by atoms with Gasteiger partial charge < -0.3 is 0 Å². The third kappa shape index (κ3) is 4.08. The number of fused-ring (bicyclic) bond motifs is 1. The Balaban J connectivity index is 1.85. The van der Waals surface area contributed by atoms with Gasteiger partial charge in [0.05, 0.1) is 10.5 Å². The van der Waals surface area contributed by atoms with Crippen LogP contribution in [-0.4, -0.2) is 23.8 Å². The Hall–Kier alpha value is -2.69. The lowest BCUT2D eigenvalue weighted by Crippen LogP contribution is -2.26. The van der Waals surface area contributed by atoms with E-state index in [0.717, 1.165) is 34.1 Å². The second-order valence-electron chi connectivity index (χ2n) is 6.14. The molecule has 0 radical (unpaired) electrons. The smallest absolute Gasteiger partial charge is 0.288 e. The standard InChI is InChI=1S/C18H15F3N2O4S/c19-18(20,21)15-2-1-3-16(9-15)28(26,27)23-10-13-6-4-12(8-14(13)11-23)5-7-17(24)22-25/h1-9,25H,10-11H2,(H,22,24)/b7-5+. The highest BCUT2D eigenvalue weighted by molar-refractivity contribution is 7.89. The number of rotatable bonds is 4. The van der Waals surface area contributed by atoms with E-state index in [-0.39, 0.29) is 13.1 Å². The van der Waals surface area contributed by atoms with Crippen molar-refractivity contribution in [3.63, 3.8) is 0 Å². The summed E-state index contributed by atoms with van der Waals surface area (Å²) in [6.07, 6.45) is -2.09. The fourth-order valence-corrected chi connectivity index (χ4v) is 4.29. The second kappa shape index (κ2) is 7.38. The van der Waals surface area contributed by atoms with E-state index in [2.05, 4.69) is 0 Å². The highest BCUT2D eigenvalue weighted by atomic mass is 32.2. The maximum atomic E-state index is 12.9. The summed E-state index contributed by atoms with van der Waals surface area (Å²) in [6, 6.07) is 8.67. The Morgan fingerprint density at radius 1 is 1.11 bits per heavy atom. The van der Waals surface area contributed by atoms with E-state index in [9.17, 15) is 26.4 Å². The average Bonchev–Trinajstić information content (AvgIpc) is 3.09. The van der Waals surface area contributed by atoms with Gasteiger partial charge in [-0.05, 0) is 41.0 Å². The summed E-state index contributed by atoms with van der Waals surface area (Å²) in [5, 5.41) is 8.48. The SMILES string of the molecule is O=C(/C=C/c1ccc2c(c1)CN(S(=O)(=O)c1cccc(C(F)(F)F)c1)C2)NO. The van der Waals surface area contributed by atoms with Crippen LogP contribution < -0.4 is 5.48 Å². The van der Waals surface area contributed by atoms with Crippen molar-refractivity contribution in [1.29, 1.82) is 0 Å². The van der Waals surface area contributed by atoms with Gasteiger partial charge in [-0.1, -0.05) is 24.3 Å². The molecule has 0 atom stereocenters. The van der Waals surface area contributed by atoms with Gasteiger partial charge in [-0.3, -0.25) is 10.0 Å². The molecule has 28 heavy (non-hydrogen) atoms. The zero-order valence-electron chi connectivity index (χ0n) is 14.3. The van der Waals surface area contributed by atoms with E-state index in [1.807, 2.05) is 0 Å². The van der Waals surface area contributed by atoms with E-state index in [1.54, 1.807) is 18.2 Å². The van der Waals surface area contributed by atoms with Gasteiger partial charge in [0.25, 0.3) is 5.91 Å². The second-order valence-corrected chi connectivity index (χ2v) is 8.07. The van der Waals surface area contributed by atoms with Crippen molar-refractivity contribution >= 4 is 22.0 Å². The summed E-state index contributed by atoms with van der Waals surface area (Å²) < 4.78 is 65.3. The first-order valence-electron chi connectivity index (χ1n) is 8.02. The highest BCUT2D eigenvalue weighted by Gasteiger charge is 2.34. The molecule has 148 valence electrons. The molecule has 1 aliphatic rings. The first-order chi connectivity index (χ1) is 13.1. The fraction of sp³-hybridized carbons (Fsp3) is 0.167. The van der Waals surface area contributed by atoms with Gasteiger partial charge in [-0.15, -0.1) is 0 Å². The molecule has 2 aromatic carbocycles. The fourth-order valence-electron chi connectivity index (χ4n) is 2.85. The molecule has 0 saturated heterocycles. The van der Waals surface area contributed by atoms with Gasteiger partial charge in [0, 0.05) is 19.2 Å². The van der Waals surface area contributed by atoms with E-state index in [1.165, 1.54) is 11.6 Å². The van der Waals surface area contributed by atoms with Crippen LogP contribution in [0.25, 0.3) is 6.08 Å². The summed E-state index contributed by atoms with van der Waals surface area (Å²) >= 11 is 0. The molecule has 1 aliphatic heterocycles. The lowest BCUT2D eigenvalue weighted by Gasteiger charge is -2.16. The molecular weight excluding hydrogens is 397 g/mol. The van der Waals surface area contributed by atoms with Crippen molar-refractivity contribution in [3.05, 3.63) is 70.8 Å². The summed E-state index contributed by atoms with van der Waals surface area (Å²) in [6.45, 7) is 0.0385. The molecule has 0 aromatic heterocycles. The van der Waals surface area contributed by atoms with Crippen LogP contribution in [0.1, 0.15) is 22.3 Å². The molecule has 2 N–H and O–H groups in total. The predicted octanol–water partition coefficient (Wildman–Crippen LogP) is 2.93. The largest absolute Gasteiger partial charge is 0.416 e. The number of carbonyl (C=O) groups is 1. The first kappa shape index (κ1) is 20.1. The van der Waals surface area contributed by atoms with E-state index in [0.29, 0.717) is 17.2 Å². The van der Waals surface area contributed by atoms with Crippen molar-refractivity contribution in [2.45, 2.75) is 24.2 Å². The average molecular weight is 412 g/mol. The molecule has 0 spiro atoms. The number of carbonyl (C=O) groups excluding carboxylic acids is 1. The molecule has 2 aromatic rings. The molecule has 0 fully saturated rings. The number of amides is 1. The van der Waals surface area contributed by atoms with Crippen molar-refractivity contribution in [3.8, 4) is 0 Å². The van der Waals surface area contributed by atoms with Crippen LogP contribution in [0, 0.1) is 0 Å².